The lowest BCUT2D eigenvalue weighted by atomic mass is 10.1. The van der Waals surface area contributed by atoms with Gasteiger partial charge in [0.2, 0.25) is 0 Å². The van der Waals surface area contributed by atoms with Gasteiger partial charge in [0, 0.05) is 18.3 Å². The average molecular weight is 161 g/mol. The van der Waals surface area contributed by atoms with Gasteiger partial charge in [0.05, 0.1) is 0 Å². The fraction of sp³-hybridized carbons (Fsp3) is 1.00. The van der Waals surface area contributed by atoms with Gasteiger partial charge in [-0.3, -0.25) is 0 Å². The molecule has 0 aliphatic carbocycles. The zero-order valence-corrected chi connectivity index (χ0v) is 8.29. The number of hydrogen-bond donors (Lipinski definition) is 1. The minimum Gasteiger partial charge on any atom is -0.313 e. The summed E-state index contributed by atoms with van der Waals surface area (Å²) in [6.45, 7) is 7.87. The van der Waals surface area contributed by atoms with E-state index in [1.807, 2.05) is 11.8 Å². The van der Waals surface area contributed by atoms with E-state index < -0.39 is 0 Å². The van der Waals surface area contributed by atoms with E-state index in [1.165, 1.54) is 5.75 Å². The molecule has 0 amide bonds. The van der Waals surface area contributed by atoms with Crippen molar-refractivity contribution in [2.45, 2.75) is 26.8 Å². The molecule has 0 fully saturated rings. The summed E-state index contributed by atoms with van der Waals surface area (Å²) in [6, 6.07) is 0.659. The Morgan fingerprint density at radius 1 is 1.30 bits per heavy atom. The van der Waals surface area contributed by atoms with E-state index in [2.05, 4.69) is 32.3 Å². The molecule has 1 unspecified atom stereocenters. The van der Waals surface area contributed by atoms with Crippen molar-refractivity contribution in [2.24, 2.45) is 5.92 Å². The number of hydrogen-bond acceptors (Lipinski definition) is 2. The molecule has 0 bridgehead atoms. The van der Waals surface area contributed by atoms with Crippen molar-refractivity contribution < 1.29 is 0 Å². The van der Waals surface area contributed by atoms with Crippen LogP contribution in [0.1, 0.15) is 20.8 Å². The molecule has 1 atom stereocenters. The van der Waals surface area contributed by atoms with Crippen LogP contribution in [0.4, 0.5) is 0 Å². The monoisotopic (exact) mass is 161 g/mol. The van der Waals surface area contributed by atoms with E-state index in [-0.39, 0.29) is 0 Å². The lowest BCUT2D eigenvalue weighted by Gasteiger charge is -2.16. The lowest BCUT2D eigenvalue weighted by Crippen LogP contribution is -2.32. The molecule has 0 radical (unpaired) electrons. The quantitative estimate of drug-likeness (QED) is 0.619. The van der Waals surface area contributed by atoms with Gasteiger partial charge in [0.15, 0.2) is 0 Å². The van der Waals surface area contributed by atoms with Gasteiger partial charge >= 0.3 is 0 Å². The molecule has 1 N–H and O–H groups in total. The van der Waals surface area contributed by atoms with Crippen LogP contribution in [-0.4, -0.2) is 24.6 Å². The minimum atomic E-state index is 0.659. The van der Waals surface area contributed by atoms with Crippen LogP contribution < -0.4 is 5.32 Å². The maximum absolute atomic E-state index is 3.46. The van der Waals surface area contributed by atoms with Crippen LogP contribution in [0, 0.1) is 5.92 Å². The van der Waals surface area contributed by atoms with Crippen molar-refractivity contribution in [3.05, 3.63) is 0 Å². The molecule has 0 rings (SSSR count). The first-order valence-corrected chi connectivity index (χ1v) is 5.30. The normalized spacial score (nSPS) is 14.1. The van der Waals surface area contributed by atoms with Crippen molar-refractivity contribution in [1.29, 1.82) is 0 Å². The molecule has 0 saturated heterocycles. The molecule has 62 valence electrons. The fourth-order valence-corrected chi connectivity index (χ4v) is 0.946. The molecular formula is C8H19NS. The third-order valence-electron chi connectivity index (χ3n) is 1.77. The lowest BCUT2D eigenvalue weighted by molar-refractivity contribution is 0.439. The second-order valence-electron chi connectivity index (χ2n) is 2.98. The molecule has 0 aromatic heterocycles. The first kappa shape index (κ1) is 10.3. The molecule has 10 heavy (non-hydrogen) atoms. The Morgan fingerprint density at radius 2 is 1.90 bits per heavy atom. The van der Waals surface area contributed by atoms with Crippen LogP contribution >= 0.6 is 11.8 Å². The summed E-state index contributed by atoms with van der Waals surface area (Å²) in [5.74, 6) is 1.97. The summed E-state index contributed by atoms with van der Waals surface area (Å²) >= 11 is 1.89. The largest absolute Gasteiger partial charge is 0.313 e. The highest BCUT2D eigenvalue weighted by molar-refractivity contribution is 7.98. The second-order valence-corrected chi connectivity index (χ2v) is 3.97. The Labute approximate surface area is 69.0 Å². The zero-order valence-electron chi connectivity index (χ0n) is 7.48. The maximum Gasteiger partial charge on any atom is 0.00620 e. The Kier molecular flexibility index (Phi) is 6.24. The van der Waals surface area contributed by atoms with Crippen LogP contribution in [0.3, 0.4) is 0 Å². The van der Waals surface area contributed by atoms with E-state index in [0.717, 1.165) is 12.5 Å². The summed E-state index contributed by atoms with van der Waals surface area (Å²) in [6.07, 6.45) is 2.14. The third kappa shape index (κ3) is 5.12. The highest BCUT2D eigenvalue weighted by atomic mass is 32.2. The Hall–Kier alpha value is 0.310. The topological polar surface area (TPSA) is 12.0 Å². The Balaban J connectivity index is 3.13. The molecule has 0 aliphatic heterocycles. The summed E-state index contributed by atoms with van der Waals surface area (Å²) in [5.41, 5.74) is 0. The summed E-state index contributed by atoms with van der Waals surface area (Å²) in [7, 11) is 0. The molecule has 0 aromatic rings. The summed E-state index contributed by atoms with van der Waals surface area (Å²) in [5, 5.41) is 3.46. The SMILES string of the molecule is CSCCNC(C)C(C)C. The van der Waals surface area contributed by atoms with E-state index >= 15 is 0 Å². The van der Waals surface area contributed by atoms with Crippen LogP contribution in [-0.2, 0) is 0 Å². The highest BCUT2D eigenvalue weighted by Crippen LogP contribution is 1.99. The maximum atomic E-state index is 3.46. The number of thioether (sulfide) groups is 1. The fourth-order valence-electron chi connectivity index (χ4n) is 0.624. The molecule has 2 heteroatoms. The molecule has 0 aliphatic rings. The highest BCUT2D eigenvalue weighted by Gasteiger charge is 2.03. The first-order valence-electron chi connectivity index (χ1n) is 3.90. The molecule has 0 aromatic carbocycles. The number of nitrogens with one attached hydrogen (secondary N) is 1. The van der Waals surface area contributed by atoms with Gasteiger partial charge in [-0.05, 0) is 19.1 Å². The van der Waals surface area contributed by atoms with Crippen LogP contribution in [0.25, 0.3) is 0 Å². The van der Waals surface area contributed by atoms with Crippen molar-refractivity contribution in [1.82, 2.24) is 5.32 Å². The smallest absolute Gasteiger partial charge is 0.00620 e. The van der Waals surface area contributed by atoms with Crippen molar-refractivity contribution in [3.63, 3.8) is 0 Å². The van der Waals surface area contributed by atoms with Crippen molar-refractivity contribution in [3.8, 4) is 0 Å². The van der Waals surface area contributed by atoms with Gasteiger partial charge in [-0.15, -0.1) is 0 Å². The first-order chi connectivity index (χ1) is 4.68. The van der Waals surface area contributed by atoms with Crippen LogP contribution in [0.2, 0.25) is 0 Å². The van der Waals surface area contributed by atoms with E-state index in [9.17, 15) is 0 Å². The van der Waals surface area contributed by atoms with Crippen LogP contribution in [0.5, 0.6) is 0 Å². The van der Waals surface area contributed by atoms with Crippen molar-refractivity contribution >= 4 is 11.8 Å². The number of rotatable bonds is 5. The Morgan fingerprint density at radius 3 is 2.30 bits per heavy atom. The van der Waals surface area contributed by atoms with Crippen molar-refractivity contribution in [2.75, 3.05) is 18.6 Å². The standard InChI is InChI=1S/C8H19NS/c1-7(2)8(3)9-5-6-10-4/h7-9H,5-6H2,1-4H3. The van der Waals surface area contributed by atoms with E-state index in [1.54, 1.807) is 0 Å². The van der Waals surface area contributed by atoms with E-state index in [0.29, 0.717) is 6.04 Å². The molecule has 0 spiro atoms. The predicted octanol–water partition coefficient (Wildman–Crippen LogP) is 1.98. The zero-order chi connectivity index (χ0) is 7.98. The minimum absolute atomic E-state index is 0.659. The van der Waals surface area contributed by atoms with Crippen LogP contribution in [0.15, 0.2) is 0 Å². The molecule has 0 heterocycles. The van der Waals surface area contributed by atoms with E-state index in [4.69, 9.17) is 0 Å². The predicted molar refractivity (Wildman–Crippen MR) is 50.7 cm³/mol. The van der Waals surface area contributed by atoms with Gasteiger partial charge < -0.3 is 5.32 Å². The van der Waals surface area contributed by atoms with Gasteiger partial charge in [0.25, 0.3) is 0 Å². The summed E-state index contributed by atoms with van der Waals surface area (Å²) < 4.78 is 0. The van der Waals surface area contributed by atoms with Gasteiger partial charge in [-0.25, -0.2) is 0 Å². The van der Waals surface area contributed by atoms with Gasteiger partial charge in [-0.1, -0.05) is 13.8 Å². The molecule has 1 nitrogen and oxygen atoms in total. The Bertz CT molecular complexity index is 73.7. The third-order valence-corrected chi connectivity index (χ3v) is 2.38. The average Bonchev–Trinajstić information content (AvgIpc) is 1.88. The second kappa shape index (κ2) is 6.05. The molecular weight excluding hydrogens is 142 g/mol. The van der Waals surface area contributed by atoms with Gasteiger partial charge in [0.1, 0.15) is 0 Å². The summed E-state index contributed by atoms with van der Waals surface area (Å²) in [4.78, 5) is 0. The van der Waals surface area contributed by atoms with Gasteiger partial charge in [-0.2, -0.15) is 11.8 Å². The molecule has 0 saturated carbocycles.